The maximum Gasteiger partial charge on any atom is 0.265 e. The van der Waals surface area contributed by atoms with Gasteiger partial charge >= 0.3 is 0 Å². The van der Waals surface area contributed by atoms with E-state index in [-0.39, 0.29) is 29.5 Å². The Kier molecular flexibility index (Phi) is 8.72. The average molecular weight is 518 g/mol. The number of benzene rings is 1. The smallest absolute Gasteiger partial charge is 0.265 e. The molecule has 2 aromatic heterocycles. The highest BCUT2D eigenvalue weighted by Crippen LogP contribution is 2.35. The summed E-state index contributed by atoms with van der Waals surface area (Å²) in [5, 5.41) is 9.89. The number of amides is 1. The molecule has 0 unspecified atom stereocenters. The second-order valence-corrected chi connectivity index (χ2v) is 10.3. The van der Waals surface area contributed by atoms with Gasteiger partial charge in [0.05, 0.1) is 25.5 Å². The molecule has 2 heterocycles. The number of rotatable bonds is 12. The molecule has 0 aliphatic carbocycles. The molecular weight excluding hydrogens is 486 g/mol. The minimum atomic E-state index is -3.44. The van der Waals surface area contributed by atoms with Crippen LogP contribution in [0.5, 0.6) is 17.2 Å². The Morgan fingerprint density at radius 1 is 1.14 bits per heavy atom. The number of hydrogen-bond donors (Lipinski definition) is 2. The number of carbonyl (C=O) groups excluding carboxylic acids is 1. The van der Waals surface area contributed by atoms with E-state index in [2.05, 4.69) is 4.98 Å². The highest BCUT2D eigenvalue weighted by Gasteiger charge is 2.21. The third-order valence-corrected chi connectivity index (χ3v) is 6.46. The van der Waals surface area contributed by atoms with Crippen molar-refractivity contribution in [3.8, 4) is 28.5 Å². The van der Waals surface area contributed by atoms with Crippen LogP contribution in [0.1, 0.15) is 36.8 Å². The van der Waals surface area contributed by atoms with Crippen LogP contribution in [0.15, 0.2) is 53.7 Å². The van der Waals surface area contributed by atoms with Gasteiger partial charge in [-0.25, -0.2) is 13.4 Å². The van der Waals surface area contributed by atoms with Crippen molar-refractivity contribution in [2.45, 2.75) is 37.4 Å². The molecule has 0 radical (unpaired) electrons. The molecule has 0 fully saturated rings. The molecule has 0 bridgehead atoms. The van der Waals surface area contributed by atoms with Crippen molar-refractivity contribution in [1.82, 2.24) is 9.55 Å². The van der Waals surface area contributed by atoms with Crippen LogP contribution < -0.4 is 15.2 Å². The largest absolute Gasteiger partial charge is 0.488 e. The molecule has 0 saturated carbocycles. The summed E-state index contributed by atoms with van der Waals surface area (Å²) in [7, 11) is -1.86. The number of methoxy groups -OCH3 is 1. The van der Waals surface area contributed by atoms with Crippen molar-refractivity contribution in [3.05, 3.63) is 54.4 Å². The Morgan fingerprint density at radius 2 is 1.86 bits per heavy atom. The van der Waals surface area contributed by atoms with Crippen LogP contribution in [0.2, 0.25) is 0 Å². The van der Waals surface area contributed by atoms with Gasteiger partial charge in [0.2, 0.25) is 0 Å². The van der Waals surface area contributed by atoms with Crippen LogP contribution in [-0.4, -0.2) is 61.7 Å². The summed E-state index contributed by atoms with van der Waals surface area (Å²) in [5.74, 6) is 0.595. The van der Waals surface area contributed by atoms with Crippen LogP contribution in [0, 0.1) is 0 Å². The van der Waals surface area contributed by atoms with Gasteiger partial charge in [0.15, 0.2) is 14.9 Å². The first-order chi connectivity index (χ1) is 17.1. The highest BCUT2D eigenvalue weighted by atomic mass is 32.2. The summed E-state index contributed by atoms with van der Waals surface area (Å²) < 4.78 is 42.3. The standard InChI is InChI=1S/C25H31N3O7S/c1-5-18(14-29)28-22(7-8-23(28)25(26)30)17-10-20(34-16(2)15-33-3)12-21(11-17)35-19-6-9-24(27-13-19)36(4,31)32/h6-13,16,18,29H,5,14-15H2,1-4H3,(H2,26,30)/t16-,18+/m0/s1. The van der Waals surface area contributed by atoms with E-state index in [0.717, 1.165) is 6.26 Å². The fraction of sp³-hybridized carbons (Fsp3) is 0.360. The fourth-order valence-corrected chi connectivity index (χ4v) is 4.36. The molecule has 11 heteroatoms. The van der Waals surface area contributed by atoms with Crippen molar-refractivity contribution in [2.75, 3.05) is 26.6 Å². The SMILES string of the molecule is CC[C@H](CO)n1c(C(N)=O)ccc1-c1cc(Oc2ccc(S(C)(=O)=O)nc2)cc(O[C@@H](C)COC)c1. The van der Waals surface area contributed by atoms with Gasteiger partial charge in [0.25, 0.3) is 5.91 Å². The first-order valence-corrected chi connectivity index (χ1v) is 13.2. The molecule has 3 aromatic rings. The van der Waals surface area contributed by atoms with E-state index in [1.165, 1.54) is 18.3 Å². The topological polar surface area (TPSA) is 143 Å². The highest BCUT2D eigenvalue weighted by molar-refractivity contribution is 7.90. The molecular formula is C25H31N3O7S. The van der Waals surface area contributed by atoms with Crippen molar-refractivity contribution in [3.63, 3.8) is 0 Å². The molecule has 2 atom stereocenters. The lowest BCUT2D eigenvalue weighted by atomic mass is 10.1. The minimum Gasteiger partial charge on any atom is -0.488 e. The van der Waals surface area contributed by atoms with E-state index in [1.54, 1.807) is 42.0 Å². The molecule has 3 N–H and O–H groups in total. The van der Waals surface area contributed by atoms with Crippen LogP contribution in [0.3, 0.4) is 0 Å². The maximum absolute atomic E-state index is 12.1. The first-order valence-electron chi connectivity index (χ1n) is 11.3. The number of hydrogen-bond acceptors (Lipinski definition) is 8. The van der Waals surface area contributed by atoms with Crippen LogP contribution in [0.4, 0.5) is 0 Å². The van der Waals surface area contributed by atoms with Crippen molar-refractivity contribution in [2.24, 2.45) is 5.73 Å². The Balaban J connectivity index is 2.09. The van der Waals surface area contributed by atoms with Gasteiger partial charge in [-0.3, -0.25) is 4.79 Å². The predicted molar refractivity (Wildman–Crippen MR) is 134 cm³/mol. The van der Waals surface area contributed by atoms with Gasteiger partial charge in [-0.2, -0.15) is 0 Å². The van der Waals surface area contributed by atoms with Gasteiger partial charge in [-0.05, 0) is 49.7 Å². The number of pyridine rings is 1. The van der Waals surface area contributed by atoms with Gasteiger partial charge in [-0.15, -0.1) is 0 Å². The molecule has 1 aromatic carbocycles. The summed E-state index contributed by atoms with van der Waals surface area (Å²) in [6, 6.07) is 11.1. The summed E-state index contributed by atoms with van der Waals surface area (Å²) in [6.45, 7) is 3.95. The number of aliphatic hydroxyl groups is 1. The number of sulfone groups is 1. The zero-order valence-electron chi connectivity index (χ0n) is 20.7. The molecule has 0 saturated heterocycles. The molecule has 0 aliphatic heterocycles. The van der Waals surface area contributed by atoms with Gasteiger partial charge in [-0.1, -0.05) is 6.92 Å². The third kappa shape index (κ3) is 6.42. The average Bonchev–Trinajstić information content (AvgIpc) is 3.25. The van der Waals surface area contributed by atoms with E-state index in [1.807, 2.05) is 13.8 Å². The zero-order valence-corrected chi connectivity index (χ0v) is 21.5. The second kappa shape index (κ2) is 11.5. The number of ether oxygens (including phenoxy) is 3. The molecule has 194 valence electrons. The van der Waals surface area contributed by atoms with Crippen LogP contribution in [-0.2, 0) is 14.6 Å². The summed E-state index contributed by atoms with van der Waals surface area (Å²) in [6.07, 6.45) is 2.71. The zero-order chi connectivity index (χ0) is 26.5. The lowest BCUT2D eigenvalue weighted by Gasteiger charge is -2.22. The molecule has 10 nitrogen and oxygen atoms in total. The maximum atomic E-state index is 12.1. The van der Waals surface area contributed by atoms with Crippen molar-refractivity contribution >= 4 is 15.7 Å². The molecule has 1 amide bonds. The third-order valence-electron chi connectivity index (χ3n) is 5.46. The number of nitrogens with two attached hydrogens (primary N) is 1. The lowest BCUT2D eigenvalue weighted by Crippen LogP contribution is -2.22. The second-order valence-electron chi connectivity index (χ2n) is 8.37. The fourth-order valence-electron chi connectivity index (χ4n) is 3.80. The number of carbonyl (C=O) groups is 1. The Bertz CT molecular complexity index is 1300. The molecule has 0 aliphatic rings. The number of primary amides is 1. The van der Waals surface area contributed by atoms with Gasteiger partial charge < -0.3 is 29.6 Å². The number of aromatic nitrogens is 2. The van der Waals surface area contributed by atoms with Gasteiger partial charge in [0, 0.05) is 30.7 Å². The van der Waals surface area contributed by atoms with E-state index < -0.39 is 15.7 Å². The van der Waals surface area contributed by atoms with Crippen LogP contribution in [0.25, 0.3) is 11.3 Å². The van der Waals surface area contributed by atoms with Crippen LogP contribution >= 0.6 is 0 Å². The summed E-state index contributed by atoms with van der Waals surface area (Å²) in [5.41, 5.74) is 7.18. The van der Waals surface area contributed by atoms with Gasteiger partial charge in [0.1, 0.15) is 29.0 Å². The van der Waals surface area contributed by atoms with E-state index >= 15 is 0 Å². The van der Waals surface area contributed by atoms with E-state index in [0.29, 0.717) is 41.5 Å². The predicted octanol–water partition coefficient (Wildman–Crippen LogP) is 3.20. The number of nitrogens with zero attached hydrogens (tertiary/aromatic N) is 2. The Morgan fingerprint density at radius 3 is 2.42 bits per heavy atom. The minimum absolute atomic E-state index is 0.0626. The number of aliphatic hydroxyl groups excluding tert-OH is 1. The summed E-state index contributed by atoms with van der Waals surface area (Å²) >= 11 is 0. The Labute approximate surface area is 210 Å². The van der Waals surface area contributed by atoms with Crippen molar-refractivity contribution in [1.29, 1.82) is 0 Å². The Hall–Kier alpha value is -3.41. The first kappa shape index (κ1) is 27.2. The molecule has 3 rings (SSSR count). The van der Waals surface area contributed by atoms with E-state index in [4.69, 9.17) is 19.9 Å². The quantitative estimate of drug-likeness (QED) is 0.373. The van der Waals surface area contributed by atoms with E-state index in [9.17, 15) is 18.3 Å². The molecule has 36 heavy (non-hydrogen) atoms. The monoisotopic (exact) mass is 517 g/mol. The summed E-state index contributed by atoms with van der Waals surface area (Å²) in [4.78, 5) is 16.1. The normalized spacial score (nSPS) is 13.2. The lowest BCUT2D eigenvalue weighted by molar-refractivity contribution is 0.0920. The molecule has 0 spiro atoms. The van der Waals surface area contributed by atoms with Crippen molar-refractivity contribution < 1.29 is 32.5 Å².